The van der Waals surface area contributed by atoms with Crippen molar-refractivity contribution < 1.29 is 17.8 Å². The van der Waals surface area contributed by atoms with Crippen molar-refractivity contribution in [3.63, 3.8) is 0 Å². The van der Waals surface area contributed by atoms with Crippen LogP contribution < -0.4 is 4.72 Å². The van der Waals surface area contributed by atoms with E-state index in [0.717, 1.165) is 0 Å². The van der Waals surface area contributed by atoms with Crippen LogP contribution in [0.2, 0.25) is 0 Å². The topological polar surface area (TPSA) is 83.5 Å². The van der Waals surface area contributed by atoms with Gasteiger partial charge in [0.05, 0.1) is 0 Å². The van der Waals surface area contributed by atoms with Gasteiger partial charge in [0, 0.05) is 0 Å². The van der Waals surface area contributed by atoms with Crippen LogP contribution in [-0.4, -0.2) is 18.9 Å². The fraction of sp³-hybridized carbons (Fsp3) is 0.125. The molecule has 0 saturated carbocycles. The number of hydrogen-bond acceptors (Lipinski definition) is 3. The summed E-state index contributed by atoms with van der Waals surface area (Å²) in [5, 5.41) is 0. The second-order valence-corrected chi connectivity index (χ2v) is 4.78. The SMILES string of the molecule is O=C(NS(=O)(=O)O)C(Br)c1ccccc1. The van der Waals surface area contributed by atoms with Gasteiger partial charge in [-0.1, -0.05) is 46.3 Å². The quantitative estimate of drug-likeness (QED) is 0.644. The van der Waals surface area contributed by atoms with Crippen LogP contribution in [0, 0.1) is 0 Å². The standard InChI is InChI=1S/C8H8BrNO4S/c9-7(6-4-2-1-3-5-6)8(11)10-15(12,13)14/h1-5,7H,(H,10,11)(H,12,13,14). The lowest BCUT2D eigenvalue weighted by molar-refractivity contribution is -0.118. The Morgan fingerprint density at radius 1 is 1.33 bits per heavy atom. The number of hydrogen-bond donors (Lipinski definition) is 2. The maximum atomic E-state index is 11.3. The van der Waals surface area contributed by atoms with Crippen LogP contribution in [0.25, 0.3) is 0 Å². The van der Waals surface area contributed by atoms with Crippen molar-refractivity contribution in [2.24, 2.45) is 0 Å². The second kappa shape index (κ2) is 4.73. The van der Waals surface area contributed by atoms with Gasteiger partial charge in [-0.3, -0.25) is 9.35 Å². The number of carbonyl (C=O) groups is 1. The van der Waals surface area contributed by atoms with E-state index < -0.39 is 21.0 Å². The smallest absolute Gasteiger partial charge is 0.272 e. The van der Waals surface area contributed by atoms with Crippen molar-refractivity contribution in [2.45, 2.75) is 4.83 Å². The van der Waals surface area contributed by atoms with Crippen LogP contribution in [0.1, 0.15) is 10.4 Å². The lowest BCUT2D eigenvalue weighted by atomic mass is 10.1. The Balaban J connectivity index is 2.78. The van der Waals surface area contributed by atoms with Crippen LogP contribution in [0.3, 0.4) is 0 Å². The first-order chi connectivity index (χ1) is 6.90. The van der Waals surface area contributed by atoms with Crippen LogP contribution in [0.15, 0.2) is 30.3 Å². The van der Waals surface area contributed by atoms with Gasteiger partial charge in [-0.2, -0.15) is 8.42 Å². The largest absolute Gasteiger partial charge is 0.359 e. The molecule has 0 spiro atoms. The van der Waals surface area contributed by atoms with Gasteiger partial charge in [0.25, 0.3) is 5.91 Å². The summed E-state index contributed by atoms with van der Waals surface area (Å²) in [7, 11) is -4.51. The third-order valence-corrected chi connectivity index (χ3v) is 2.96. The molecule has 1 unspecified atom stereocenters. The zero-order chi connectivity index (χ0) is 11.5. The molecule has 0 saturated heterocycles. The van der Waals surface area contributed by atoms with E-state index in [1.807, 2.05) is 0 Å². The summed E-state index contributed by atoms with van der Waals surface area (Å²) in [6.45, 7) is 0. The van der Waals surface area contributed by atoms with Gasteiger partial charge < -0.3 is 0 Å². The van der Waals surface area contributed by atoms with Gasteiger partial charge in [-0.25, -0.2) is 4.72 Å². The molecular weight excluding hydrogens is 286 g/mol. The maximum absolute atomic E-state index is 11.3. The van der Waals surface area contributed by atoms with Crippen molar-refractivity contribution in [3.8, 4) is 0 Å². The van der Waals surface area contributed by atoms with Crippen molar-refractivity contribution in [2.75, 3.05) is 0 Å². The summed E-state index contributed by atoms with van der Waals surface area (Å²) < 4.78 is 30.6. The van der Waals surface area contributed by atoms with Crippen LogP contribution in [0.5, 0.6) is 0 Å². The fourth-order valence-electron chi connectivity index (χ4n) is 0.952. The van der Waals surface area contributed by atoms with E-state index in [-0.39, 0.29) is 0 Å². The minimum Gasteiger partial charge on any atom is -0.272 e. The highest BCUT2D eigenvalue weighted by Crippen LogP contribution is 2.22. The Morgan fingerprint density at radius 3 is 2.33 bits per heavy atom. The Hall–Kier alpha value is -0.920. The molecule has 0 aliphatic heterocycles. The van der Waals surface area contributed by atoms with Crippen molar-refractivity contribution in [1.82, 2.24) is 4.72 Å². The molecule has 15 heavy (non-hydrogen) atoms. The number of amides is 1. The van der Waals surface area contributed by atoms with Crippen molar-refractivity contribution in [1.29, 1.82) is 0 Å². The maximum Gasteiger partial charge on any atom is 0.359 e. The number of benzene rings is 1. The summed E-state index contributed by atoms with van der Waals surface area (Å²) in [4.78, 5) is 10.4. The number of halogens is 1. The lowest BCUT2D eigenvalue weighted by Crippen LogP contribution is -2.32. The Kier molecular flexibility index (Phi) is 3.83. The molecule has 1 aromatic carbocycles. The second-order valence-electron chi connectivity index (χ2n) is 2.71. The minimum atomic E-state index is -4.51. The average molecular weight is 294 g/mol. The molecule has 0 fully saturated rings. The number of rotatable bonds is 3. The summed E-state index contributed by atoms with van der Waals surface area (Å²) >= 11 is 3.02. The van der Waals surface area contributed by atoms with Gasteiger partial charge in [0.15, 0.2) is 0 Å². The molecule has 1 aromatic rings. The number of carbonyl (C=O) groups excluding carboxylic acids is 1. The van der Waals surface area contributed by atoms with Gasteiger partial charge in [-0.05, 0) is 5.56 Å². The number of alkyl halides is 1. The van der Waals surface area contributed by atoms with Crippen molar-refractivity contribution in [3.05, 3.63) is 35.9 Å². The Labute approximate surface area is 95.5 Å². The third kappa shape index (κ3) is 3.98. The minimum absolute atomic E-state index is 0.596. The molecule has 1 atom stereocenters. The molecule has 82 valence electrons. The Morgan fingerprint density at radius 2 is 1.87 bits per heavy atom. The van der Waals surface area contributed by atoms with E-state index in [9.17, 15) is 13.2 Å². The number of nitrogens with one attached hydrogen (secondary N) is 1. The molecule has 0 heterocycles. The van der Waals surface area contributed by atoms with E-state index in [2.05, 4.69) is 15.9 Å². The van der Waals surface area contributed by atoms with E-state index in [1.54, 1.807) is 30.3 Å². The van der Waals surface area contributed by atoms with E-state index in [1.165, 1.54) is 4.72 Å². The molecule has 0 aliphatic carbocycles. The van der Waals surface area contributed by atoms with Gasteiger partial charge >= 0.3 is 10.3 Å². The molecule has 0 radical (unpaired) electrons. The molecule has 0 aliphatic rings. The molecular formula is C8H8BrNO4S. The Bertz CT molecular complexity index is 445. The summed E-state index contributed by atoms with van der Waals surface area (Å²) in [5.74, 6) is -0.844. The van der Waals surface area contributed by atoms with Crippen LogP contribution in [-0.2, 0) is 15.1 Å². The van der Waals surface area contributed by atoms with E-state index >= 15 is 0 Å². The molecule has 1 rings (SSSR count). The van der Waals surface area contributed by atoms with Crippen LogP contribution in [0.4, 0.5) is 0 Å². The van der Waals surface area contributed by atoms with Gasteiger partial charge in [0.2, 0.25) is 0 Å². The highest BCUT2D eigenvalue weighted by molar-refractivity contribution is 9.09. The summed E-state index contributed by atoms with van der Waals surface area (Å²) in [5.41, 5.74) is 0.596. The first-order valence-electron chi connectivity index (χ1n) is 3.88. The molecule has 2 N–H and O–H groups in total. The summed E-state index contributed by atoms with van der Waals surface area (Å²) in [6.07, 6.45) is 0. The predicted molar refractivity (Wildman–Crippen MR) is 57.8 cm³/mol. The molecule has 0 bridgehead atoms. The highest BCUT2D eigenvalue weighted by Gasteiger charge is 2.20. The first kappa shape index (κ1) is 12.2. The lowest BCUT2D eigenvalue weighted by Gasteiger charge is -2.08. The summed E-state index contributed by atoms with van der Waals surface area (Å²) in [6, 6.07) is 8.50. The fourth-order valence-corrected chi connectivity index (χ4v) is 1.90. The van der Waals surface area contributed by atoms with Gasteiger partial charge in [0.1, 0.15) is 4.83 Å². The third-order valence-electron chi connectivity index (χ3n) is 1.55. The average Bonchev–Trinajstić information content (AvgIpc) is 2.15. The van der Waals surface area contributed by atoms with E-state index in [0.29, 0.717) is 5.56 Å². The molecule has 0 aromatic heterocycles. The van der Waals surface area contributed by atoms with Crippen LogP contribution >= 0.6 is 15.9 Å². The molecule has 1 amide bonds. The van der Waals surface area contributed by atoms with Gasteiger partial charge in [-0.15, -0.1) is 0 Å². The van der Waals surface area contributed by atoms with Crippen molar-refractivity contribution >= 4 is 32.1 Å². The predicted octanol–water partition coefficient (Wildman–Crippen LogP) is 1.04. The zero-order valence-corrected chi connectivity index (χ0v) is 9.82. The molecule has 5 nitrogen and oxygen atoms in total. The first-order valence-corrected chi connectivity index (χ1v) is 6.24. The monoisotopic (exact) mass is 293 g/mol. The zero-order valence-electron chi connectivity index (χ0n) is 7.42. The normalized spacial score (nSPS) is 13.2. The highest BCUT2D eigenvalue weighted by atomic mass is 79.9. The molecule has 7 heteroatoms. The van der Waals surface area contributed by atoms with E-state index in [4.69, 9.17) is 4.55 Å².